The van der Waals surface area contributed by atoms with E-state index in [1.165, 1.54) is 13.0 Å². The van der Waals surface area contributed by atoms with E-state index in [9.17, 15) is 9.59 Å². The van der Waals surface area contributed by atoms with Gasteiger partial charge in [-0.15, -0.1) is 0 Å². The van der Waals surface area contributed by atoms with Gasteiger partial charge in [0.2, 0.25) is 5.76 Å². The summed E-state index contributed by atoms with van der Waals surface area (Å²) in [5.74, 6) is -1.11. The Morgan fingerprint density at radius 2 is 1.96 bits per heavy atom. The summed E-state index contributed by atoms with van der Waals surface area (Å²) in [5, 5.41) is 3.94. The summed E-state index contributed by atoms with van der Waals surface area (Å²) in [6.07, 6.45) is -0.968. The number of carbonyl (C=O) groups excluding carboxylic acids is 2. The van der Waals surface area contributed by atoms with Crippen LogP contribution in [0, 0.1) is 6.92 Å². The van der Waals surface area contributed by atoms with Crippen LogP contribution in [0.3, 0.4) is 0 Å². The highest BCUT2D eigenvalue weighted by Gasteiger charge is 2.21. The Labute approximate surface area is 149 Å². The number of nitrogens with one attached hydrogen (secondary N) is 1. The van der Waals surface area contributed by atoms with Crippen molar-refractivity contribution in [3.8, 4) is 0 Å². The van der Waals surface area contributed by atoms with E-state index in [0.717, 1.165) is 5.56 Å². The van der Waals surface area contributed by atoms with Crippen molar-refractivity contribution in [2.24, 2.45) is 0 Å². The van der Waals surface area contributed by atoms with E-state index in [2.05, 4.69) is 5.32 Å². The minimum atomic E-state index is -0.968. The third kappa shape index (κ3) is 4.00. The fourth-order valence-electron chi connectivity index (χ4n) is 2.35. The number of fused-ring (bicyclic) bond motifs is 1. The molecule has 3 aromatic rings. The van der Waals surface area contributed by atoms with Gasteiger partial charge in [-0.05, 0) is 55.8 Å². The number of rotatable bonds is 4. The van der Waals surface area contributed by atoms with Crippen LogP contribution >= 0.6 is 11.6 Å². The van der Waals surface area contributed by atoms with Crippen LogP contribution in [0.15, 0.2) is 52.9 Å². The third-order valence-corrected chi connectivity index (χ3v) is 3.85. The van der Waals surface area contributed by atoms with E-state index in [4.69, 9.17) is 20.8 Å². The molecule has 25 heavy (non-hydrogen) atoms. The van der Waals surface area contributed by atoms with Gasteiger partial charge in [0.25, 0.3) is 5.91 Å². The van der Waals surface area contributed by atoms with Crippen LogP contribution in [-0.4, -0.2) is 18.0 Å². The Bertz CT molecular complexity index is 948. The average molecular weight is 358 g/mol. The topological polar surface area (TPSA) is 68.5 Å². The summed E-state index contributed by atoms with van der Waals surface area (Å²) in [6.45, 7) is 3.43. The number of hydrogen-bond acceptors (Lipinski definition) is 4. The van der Waals surface area contributed by atoms with E-state index >= 15 is 0 Å². The zero-order chi connectivity index (χ0) is 18.0. The van der Waals surface area contributed by atoms with Crippen molar-refractivity contribution in [3.63, 3.8) is 0 Å². The van der Waals surface area contributed by atoms with Gasteiger partial charge in [-0.2, -0.15) is 0 Å². The molecule has 1 aromatic heterocycles. The first kappa shape index (κ1) is 17.0. The van der Waals surface area contributed by atoms with Crippen molar-refractivity contribution in [2.75, 3.05) is 5.32 Å². The highest BCUT2D eigenvalue weighted by Crippen LogP contribution is 2.23. The first-order valence-corrected chi connectivity index (χ1v) is 8.08. The quantitative estimate of drug-likeness (QED) is 0.694. The SMILES string of the molecule is Cc1cccc(NC(=O)C(C)OC(=O)c2cc3cc(Cl)ccc3o2)c1. The zero-order valence-electron chi connectivity index (χ0n) is 13.7. The molecule has 0 saturated heterocycles. The summed E-state index contributed by atoms with van der Waals surface area (Å²) >= 11 is 5.91. The molecule has 1 atom stereocenters. The molecule has 0 aliphatic carbocycles. The average Bonchev–Trinajstić information content (AvgIpc) is 2.98. The number of benzene rings is 2. The highest BCUT2D eigenvalue weighted by molar-refractivity contribution is 6.31. The number of aryl methyl sites for hydroxylation is 1. The van der Waals surface area contributed by atoms with Gasteiger partial charge in [0.15, 0.2) is 6.10 Å². The normalized spacial score (nSPS) is 12.0. The molecule has 1 heterocycles. The van der Waals surface area contributed by atoms with Crippen molar-refractivity contribution in [1.29, 1.82) is 0 Å². The molecule has 0 aliphatic heterocycles. The van der Waals surface area contributed by atoms with Crippen molar-refractivity contribution >= 4 is 40.1 Å². The lowest BCUT2D eigenvalue weighted by atomic mass is 10.2. The summed E-state index contributed by atoms with van der Waals surface area (Å²) in [5.41, 5.74) is 2.18. The van der Waals surface area contributed by atoms with Gasteiger partial charge in [0.05, 0.1) is 0 Å². The molecule has 5 nitrogen and oxygen atoms in total. The van der Waals surface area contributed by atoms with Gasteiger partial charge < -0.3 is 14.5 Å². The first-order chi connectivity index (χ1) is 11.9. The molecule has 1 amide bonds. The number of esters is 1. The zero-order valence-corrected chi connectivity index (χ0v) is 14.5. The molecule has 0 saturated carbocycles. The van der Waals surface area contributed by atoms with Crippen molar-refractivity contribution in [3.05, 3.63) is 64.9 Å². The summed E-state index contributed by atoms with van der Waals surface area (Å²) < 4.78 is 10.6. The maximum Gasteiger partial charge on any atom is 0.375 e. The second-order valence-electron chi connectivity index (χ2n) is 5.70. The fraction of sp³-hybridized carbons (Fsp3) is 0.158. The van der Waals surface area contributed by atoms with E-state index < -0.39 is 18.0 Å². The third-order valence-electron chi connectivity index (χ3n) is 3.62. The standard InChI is InChI=1S/C19H16ClNO4/c1-11-4-3-5-15(8-11)21-18(22)12(2)24-19(23)17-10-13-9-14(20)6-7-16(13)25-17/h3-10,12H,1-2H3,(H,21,22). The van der Waals surface area contributed by atoms with Crippen LogP contribution in [-0.2, 0) is 9.53 Å². The van der Waals surface area contributed by atoms with Gasteiger partial charge >= 0.3 is 5.97 Å². The maximum absolute atomic E-state index is 12.2. The second kappa shape index (κ2) is 6.99. The monoisotopic (exact) mass is 357 g/mol. The minimum Gasteiger partial charge on any atom is -0.449 e. The smallest absolute Gasteiger partial charge is 0.375 e. The first-order valence-electron chi connectivity index (χ1n) is 7.70. The lowest BCUT2D eigenvalue weighted by molar-refractivity contribution is -0.123. The Morgan fingerprint density at radius 3 is 2.72 bits per heavy atom. The van der Waals surface area contributed by atoms with Gasteiger partial charge in [-0.25, -0.2) is 4.79 Å². The molecule has 3 rings (SSSR count). The molecule has 128 valence electrons. The molecule has 0 spiro atoms. The van der Waals surface area contributed by atoms with E-state index in [1.807, 2.05) is 25.1 Å². The van der Waals surface area contributed by atoms with Crippen LogP contribution in [0.4, 0.5) is 5.69 Å². The van der Waals surface area contributed by atoms with Gasteiger partial charge in [0.1, 0.15) is 5.58 Å². The number of ether oxygens (including phenoxy) is 1. The van der Waals surface area contributed by atoms with Gasteiger partial charge in [0, 0.05) is 16.1 Å². The number of hydrogen-bond donors (Lipinski definition) is 1. The minimum absolute atomic E-state index is 0.0208. The molecule has 1 N–H and O–H groups in total. The Hall–Kier alpha value is -2.79. The molecule has 0 bridgehead atoms. The van der Waals surface area contributed by atoms with Crippen molar-refractivity contribution < 1.29 is 18.7 Å². The fourth-order valence-corrected chi connectivity index (χ4v) is 2.53. The molecule has 0 fully saturated rings. The van der Waals surface area contributed by atoms with Gasteiger partial charge in [-0.1, -0.05) is 23.7 Å². The number of halogens is 1. The summed E-state index contributed by atoms with van der Waals surface area (Å²) in [6, 6.07) is 13.9. The largest absolute Gasteiger partial charge is 0.449 e. The van der Waals surface area contributed by atoms with Crippen LogP contribution in [0.2, 0.25) is 5.02 Å². The van der Waals surface area contributed by atoms with E-state index in [1.54, 1.807) is 24.3 Å². The number of furan rings is 1. The molecule has 0 radical (unpaired) electrons. The van der Waals surface area contributed by atoms with Crippen LogP contribution in [0.1, 0.15) is 23.0 Å². The molecular formula is C19H16ClNO4. The van der Waals surface area contributed by atoms with Crippen molar-refractivity contribution in [2.45, 2.75) is 20.0 Å². The molecule has 0 aliphatic rings. The lowest BCUT2D eigenvalue weighted by Gasteiger charge is -2.13. The molecule has 2 aromatic carbocycles. The van der Waals surface area contributed by atoms with Crippen LogP contribution < -0.4 is 5.32 Å². The predicted molar refractivity (Wildman–Crippen MR) is 95.9 cm³/mol. The van der Waals surface area contributed by atoms with Crippen LogP contribution in [0.5, 0.6) is 0 Å². The number of anilines is 1. The molecule has 1 unspecified atom stereocenters. The Morgan fingerprint density at radius 1 is 1.16 bits per heavy atom. The van der Waals surface area contributed by atoms with Crippen LogP contribution in [0.25, 0.3) is 11.0 Å². The predicted octanol–water partition coefficient (Wildman–Crippen LogP) is 4.58. The molecular weight excluding hydrogens is 342 g/mol. The maximum atomic E-state index is 12.2. The van der Waals surface area contributed by atoms with Gasteiger partial charge in [-0.3, -0.25) is 4.79 Å². The Kier molecular flexibility index (Phi) is 4.76. The van der Waals surface area contributed by atoms with E-state index in [0.29, 0.717) is 21.7 Å². The number of carbonyl (C=O) groups is 2. The Balaban J connectivity index is 1.67. The highest BCUT2D eigenvalue weighted by atomic mass is 35.5. The number of amides is 1. The second-order valence-corrected chi connectivity index (χ2v) is 6.14. The molecule has 6 heteroatoms. The van der Waals surface area contributed by atoms with Crippen molar-refractivity contribution in [1.82, 2.24) is 0 Å². The summed E-state index contributed by atoms with van der Waals surface area (Å²) in [4.78, 5) is 24.4. The lowest BCUT2D eigenvalue weighted by Crippen LogP contribution is -2.29. The van der Waals surface area contributed by atoms with E-state index in [-0.39, 0.29) is 5.76 Å². The summed E-state index contributed by atoms with van der Waals surface area (Å²) in [7, 11) is 0.